The zero-order chi connectivity index (χ0) is 18.8. The fourth-order valence-electron chi connectivity index (χ4n) is 1.95. The number of hydrogen-bond donors (Lipinski definition) is 1. The quantitative estimate of drug-likeness (QED) is 0.807. The van der Waals surface area contributed by atoms with Crippen molar-refractivity contribution in [2.75, 3.05) is 17.6 Å². The molecule has 0 bridgehead atoms. The summed E-state index contributed by atoms with van der Waals surface area (Å²) in [4.78, 5) is 37.5. The van der Waals surface area contributed by atoms with E-state index in [1.165, 1.54) is 34.9 Å². The van der Waals surface area contributed by atoms with Crippen LogP contribution in [0.2, 0.25) is 5.02 Å². The van der Waals surface area contributed by atoms with E-state index in [-0.39, 0.29) is 34.7 Å². The molecule has 0 atom stereocenters. The number of nitrogens with one attached hydrogen (secondary N) is 1. The number of carbonyl (C=O) groups is 3. The highest BCUT2D eigenvalue weighted by Gasteiger charge is 2.30. The van der Waals surface area contributed by atoms with Crippen LogP contribution in [0.25, 0.3) is 0 Å². The van der Waals surface area contributed by atoms with Gasteiger partial charge in [-0.15, -0.1) is 0 Å². The third-order valence-electron chi connectivity index (χ3n) is 3.41. The first-order valence-corrected chi connectivity index (χ1v) is 8.88. The lowest BCUT2D eigenvalue weighted by molar-refractivity contribution is -0.129. The molecule has 8 heteroatoms. The first-order chi connectivity index (χ1) is 11.6. The maximum absolute atomic E-state index is 13.7. The van der Waals surface area contributed by atoms with Gasteiger partial charge in [-0.2, -0.15) is 0 Å². The number of anilines is 1. The minimum absolute atomic E-state index is 0.0232. The normalized spacial score (nSPS) is 16.4. The van der Waals surface area contributed by atoms with Gasteiger partial charge in [-0.25, -0.2) is 4.39 Å². The molecule has 0 aliphatic carbocycles. The molecule has 0 spiro atoms. The fraction of sp³-hybridized carbons (Fsp3) is 0.353. The molecule has 25 heavy (non-hydrogen) atoms. The van der Waals surface area contributed by atoms with Crippen molar-refractivity contribution in [1.29, 1.82) is 0 Å². The molecule has 1 saturated heterocycles. The van der Waals surface area contributed by atoms with Crippen molar-refractivity contribution in [2.24, 2.45) is 5.41 Å². The lowest BCUT2D eigenvalue weighted by atomic mass is 9.91. The van der Waals surface area contributed by atoms with E-state index in [0.717, 1.165) is 6.07 Å². The molecule has 0 aromatic heterocycles. The lowest BCUT2D eigenvalue weighted by Crippen LogP contribution is -2.34. The molecule has 0 saturated carbocycles. The molecule has 2 amide bonds. The van der Waals surface area contributed by atoms with Gasteiger partial charge in [0, 0.05) is 16.5 Å². The van der Waals surface area contributed by atoms with E-state index in [0.29, 0.717) is 5.03 Å². The minimum atomic E-state index is -0.665. The largest absolute Gasteiger partial charge is 0.322 e. The standard InChI is InChI=1S/C17H18ClFN2O3S/c1-17(2,3)13(22)7-16-21(15(24)9-25-16)8-14(23)20-12-5-4-10(18)6-11(12)19/h4-7H,8-9H2,1-3H3,(H,20,23)/b16-7-. The van der Waals surface area contributed by atoms with Gasteiger partial charge < -0.3 is 5.32 Å². The summed E-state index contributed by atoms with van der Waals surface area (Å²) in [6, 6.07) is 3.88. The van der Waals surface area contributed by atoms with E-state index >= 15 is 0 Å². The second-order valence-corrected chi connectivity index (χ2v) is 7.97. The summed E-state index contributed by atoms with van der Waals surface area (Å²) in [5.74, 6) is -1.48. The maximum Gasteiger partial charge on any atom is 0.244 e. The summed E-state index contributed by atoms with van der Waals surface area (Å²) < 4.78 is 13.7. The average molecular weight is 385 g/mol. The van der Waals surface area contributed by atoms with Crippen LogP contribution in [-0.2, 0) is 14.4 Å². The number of carbonyl (C=O) groups excluding carboxylic acids is 3. The number of halogens is 2. The number of benzene rings is 1. The Hall–Kier alpha value is -1.86. The molecular weight excluding hydrogens is 367 g/mol. The monoisotopic (exact) mass is 384 g/mol. The molecule has 1 aliphatic heterocycles. The molecule has 0 radical (unpaired) electrons. The molecule has 1 aromatic carbocycles. The number of amides is 2. The molecule has 1 aromatic rings. The number of allylic oxidation sites excluding steroid dienone is 1. The van der Waals surface area contributed by atoms with Crippen molar-refractivity contribution in [2.45, 2.75) is 20.8 Å². The van der Waals surface area contributed by atoms with Gasteiger partial charge >= 0.3 is 0 Å². The highest BCUT2D eigenvalue weighted by atomic mass is 35.5. The van der Waals surface area contributed by atoms with Gasteiger partial charge in [0.1, 0.15) is 12.4 Å². The summed E-state index contributed by atoms with van der Waals surface area (Å²) in [6.07, 6.45) is 1.38. The van der Waals surface area contributed by atoms with Crippen molar-refractivity contribution in [3.8, 4) is 0 Å². The Bertz CT molecular complexity index is 759. The van der Waals surface area contributed by atoms with Crippen molar-refractivity contribution >= 4 is 46.6 Å². The van der Waals surface area contributed by atoms with E-state index < -0.39 is 17.1 Å². The van der Waals surface area contributed by atoms with E-state index in [1.807, 2.05) is 0 Å². The third kappa shape index (κ3) is 5.06. The lowest BCUT2D eigenvalue weighted by Gasteiger charge is -2.19. The van der Waals surface area contributed by atoms with Gasteiger partial charge in [0.25, 0.3) is 0 Å². The van der Waals surface area contributed by atoms with Crippen LogP contribution in [0.3, 0.4) is 0 Å². The molecule has 1 heterocycles. The van der Waals surface area contributed by atoms with Gasteiger partial charge in [0.05, 0.1) is 16.5 Å². The van der Waals surface area contributed by atoms with Crippen molar-refractivity contribution < 1.29 is 18.8 Å². The van der Waals surface area contributed by atoms with E-state index in [4.69, 9.17) is 11.6 Å². The summed E-state index contributed by atoms with van der Waals surface area (Å²) >= 11 is 6.87. The third-order valence-corrected chi connectivity index (χ3v) is 4.67. The second kappa shape index (κ2) is 7.58. The SMILES string of the molecule is CC(C)(C)C(=O)/C=C1\SCC(=O)N1CC(=O)Nc1ccc(Cl)cc1F. The average Bonchev–Trinajstić information content (AvgIpc) is 2.82. The Morgan fingerprint density at radius 1 is 1.40 bits per heavy atom. The topological polar surface area (TPSA) is 66.5 Å². The maximum atomic E-state index is 13.7. The predicted octanol–water partition coefficient (Wildman–Crippen LogP) is 3.45. The summed E-state index contributed by atoms with van der Waals surface area (Å²) in [7, 11) is 0. The summed E-state index contributed by atoms with van der Waals surface area (Å²) in [6.45, 7) is 5.02. The Balaban J connectivity index is 2.11. The molecule has 1 fully saturated rings. The van der Waals surface area contributed by atoms with Crippen LogP contribution < -0.4 is 5.32 Å². The van der Waals surface area contributed by atoms with E-state index in [1.54, 1.807) is 20.8 Å². The van der Waals surface area contributed by atoms with Crippen LogP contribution in [0.1, 0.15) is 20.8 Å². The van der Waals surface area contributed by atoms with Gasteiger partial charge in [-0.1, -0.05) is 44.1 Å². The predicted molar refractivity (Wildman–Crippen MR) is 96.8 cm³/mol. The first kappa shape index (κ1) is 19.5. The molecule has 134 valence electrons. The van der Waals surface area contributed by atoms with Gasteiger partial charge in [-0.3, -0.25) is 19.3 Å². The number of hydrogen-bond acceptors (Lipinski definition) is 4. The Labute approximate surface area is 154 Å². The molecule has 5 nitrogen and oxygen atoms in total. The van der Waals surface area contributed by atoms with Crippen molar-refractivity contribution in [1.82, 2.24) is 4.90 Å². The zero-order valence-corrected chi connectivity index (χ0v) is 15.6. The molecule has 0 unspecified atom stereocenters. The molecule has 1 aliphatic rings. The Morgan fingerprint density at radius 3 is 2.68 bits per heavy atom. The van der Waals surface area contributed by atoms with Crippen LogP contribution in [0.15, 0.2) is 29.3 Å². The summed E-state index contributed by atoms with van der Waals surface area (Å²) in [5.41, 5.74) is -0.607. The molecule has 1 N–H and O–H groups in total. The van der Waals surface area contributed by atoms with E-state index in [9.17, 15) is 18.8 Å². The molecule has 2 rings (SSSR count). The highest BCUT2D eigenvalue weighted by molar-refractivity contribution is 8.04. The van der Waals surface area contributed by atoms with Crippen LogP contribution in [0.5, 0.6) is 0 Å². The van der Waals surface area contributed by atoms with E-state index in [2.05, 4.69) is 5.32 Å². The molecular formula is C17H18ClFN2O3S. The smallest absolute Gasteiger partial charge is 0.244 e. The van der Waals surface area contributed by atoms with Crippen LogP contribution in [0, 0.1) is 11.2 Å². The van der Waals surface area contributed by atoms with Gasteiger partial charge in [0.15, 0.2) is 5.78 Å². The number of ketones is 1. The van der Waals surface area contributed by atoms with Crippen LogP contribution in [0.4, 0.5) is 10.1 Å². The number of nitrogens with zero attached hydrogens (tertiary/aromatic N) is 1. The summed E-state index contributed by atoms with van der Waals surface area (Å²) in [5, 5.41) is 3.04. The van der Waals surface area contributed by atoms with Crippen LogP contribution >= 0.6 is 23.4 Å². The Kier molecular flexibility index (Phi) is 5.90. The van der Waals surface area contributed by atoms with Crippen molar-refractivity contribution in [3.05, 3.63) is 40.1 Å². The van der Waals surface area contributed by atoms with Gasteiger partial charge in [0.2, 0.25) is 11.8 Å². The number of rotatable bonds is 4. The van der Waals surface area contributed by atoms with Gasteiger partial charge in [-0.05, 0) is 18.2 Å². The van der Waals surface area contributed by atoms with Crippen molar-refractivity contribution in [3.63, 3.8) is 0 Å². The van der Waals surface area contributed by atoms with Crippen LogP contribution in [-0.4, -0.2) is 34.8 Å². The minimum Gasteiger partial charge on any atom is -0.322 e. The zero-order valence-electron chi connectivity index (χ0n) is 14.1. The second-order valence-electron chi connectivity index (χ2n) is 6.54. The Morgan fingerprint density at radius 2 is 2.08 bits per heavy atom. The highest BCUT2D eigenvalue weighted by Crippen LogP contribution is 2.30. The number of thioether (sulfide) groups is 1. The first-order valence-electron chi connectivity index (χ1n) is 7.52. The fourth-order valence-corrected chi connectivity index (χ4v) is 3.05.